The van der Waals surface area contributed by atoms with Gasteiger partial charge in [0.1, 0.15) is 0 Å². The van der Waals surface area contributed by atoms with Gasteiger partial charge in [0.15, 0.2) is 0 Å². The summed E-state index contributed by atoms with van der Waals surface area (Å²) in [6.45, 7) is 1.73. The summed E-state index contributed by atoms with van der Waals surface area (Å²) in [4.78, 5) is 4.09. The van der Waals surface area contributed by atoms with Gasteiger partial charge in [-0.1, -0.05) is 12.2 Å². The van der Waals surface area contributed by atoms with Gasteiger partial charge in [-0.3, -0.25) is 4.99 Å². The van der Waals surface area contributed by atoms with Gasteiger partial charge in [0.25, 0.3) is 0 Å². The predicted octanol–water partition coefficient (Wildman–Crippen LogP) is 0.773. The van der Waals surface area contributed by atoms with Crippen LogP contribution in [0.1, 0.15) is 0 Å². The Hall–Kier alpha value is -0.890. The molecule has 0 aromatic heterocycles. The maximum absolute atomic E-state index is 4.09. The van der Waals surface area contributed by atoms with Gasteiger partial charge in [-0.2, -0.15) is 0 Å². The van der Waals surface area contributed by atoms with E-state index in [-0.39, 0.29) is 0 Å². The number of allylic oxidation sites excluding steroid dienone is 1. The van der Waals surface area contributed by atoms with Crippen LogP contribution in [0.25, 0.3) is 0 Å². The van der Waals surface area contributed by atoms with Crippen molar-refractivity contribution in [3.8, 4) is 0 Å². The number of aliphatic imine (C=N–C) groups is 1. The highest BCUT2D eigenvalue weighted by Crippen LogP contribution is 1.96. The van der Waals surface area contributed by atoms with Crippen molar-refractivity contribution in [2.24, 2.45) is 4.99 Å². The van der Waals surface area contributed by atoms with E-state index in [1.807, 2.05) is 19.3 Å². The molecule has 1 rings (SSSR count). The Morgan fingerprint density at radius 2 is 2.60 bits per heavy atom. The van der Waals surface area contributed by atoms with Gasteiger partial charge in [-0.15, -0.1) is 0 Å². The monoisotopic (exact) mass is 136 g/mol. The maximum atomic E-state index is 4.09. The van der Waals surface area contributed by atoms with E-state index in [4.69, 9.17) is 0 Å². The van der Waals surface area contributed by atoms with Crippen molar-refractivity contribution in [2.75, 3.05) is 20.1 Å². The molecule has 2 nitrogen and oxygen atoms in total. The molecule has 2 heteroatoms. The van der Waals surface area contributed by atoms with Gasteiger partial charge in [-0.25, -0.2) is 0 Å². The second kappa shape index (κ2) is 4.01. The topological polar surface area (TPSA) is 24.4 Å². The quantitative estimate of drug-likeness (QED) is 0.596. The summed E-state index contributed by atoms with van der Waals surface area (Å²) in [5.41, 5.74) is 1.28. The summed E-state index contributed by atoms with van der Waals surface area (Å²) < 4.78 is 0. The molecule has 0 fully saturated rings. The lowest BCUT2D eigenvalue weighted by Crippen LogP contribution is -2.09. The molecule has 0 aliphatic carbocycles. The third-order valence-corrected chi connectivity index (χ3v) is 1.32. The summed E-state index contributed by atoms with van der Waals surface area (Å²) in [5.74, 6) is 0. The molecule has 0 aromatic rings. The van der Waals surface area contributed by atoms with Gasteiger partial charge < -0.3 is 5.32 Å². The second-order valence-corrected chi connectivity index (χ2v) is 2.19. The molecule has 0 atom stereocenters. The third kappa shape index (κ3) is 2.15. The first-order valence-corrected chi connectivity index (χ1v) is 3.43. The molecule has 0 spiro atoms. The molecule has 1 aliphatic heterocycles. The molecule has 1 N–H and O–H groups in total. The summed E-state index contributed by atoms with van der Waals surface area (Å²) >= 11 is 0. The van der Waals surface area contributed by atoms with Crippen LogP contribution in [0.4, 0.5) is 0 Å². The first kappa shape index (κ1) is 7.22. The van der Waals surface area contributed by atoms with Crippen molar-refractivity contribution in [1.82, 2.24) is 5.32 Å². The summed E-state index contributed by atoms with van der Waals surface area (Å²) in [6.07, 6.45) is 8.04. The van der Waals surface area contributed by atoms with Crippen molar-refractivity contribution in [2.45, 2.75) is 0 Å². The smallest absolute Gasteiger partial charge is 0.0573 e. The Balaban J connectivity index is 2.55. The van der Waals surface area contributed by atoms with Crippen LogP contribution in [0.2, 0.25) is 0 Å². The minimum absolute atomic E-state index is 0.809. The normalized spacial score (nSPS) is 16.7. The largest absolute Gasteiger partial charge is 0.316 e. The highest BCUT2D eigenvalue weighted by molar-refractivity contribution is 5.73. The van der Waals surface area contributed by atoms with Crippen LogP contribution in [-0.2, 0) is 0 Å². The van der Waals surface area contributed by atoms with Gasteiger partial charge in [0.05, 0.1) is 6.54 Å². The molecule has 1 heterocycles. The van der Waals surface area contributed by atoms with Crippen LogP contribution in [0.5, 0.6) is 0 Å². The minimum Gasteiger partial charge on any atom is -0.316 e. The zero-order valence-corrected chi connectivity index (χ0v) is 6.17. The lowest BCUT2D eigenvalue weighted by Gasteiger charge is -1.96. The SMILES string of the molecule is CNCC1=CC=NCC=C1. The summed E-state index contributed by atoms with van der Waals surface area (Å²) in [5, 5.41) is 3.08. The fourth-order valence-corrected chi connectivity index (χ4v) is 0.852. The van der Waals surface area contributed by atoms with Crippen molar-refractivity contribution < 1.29 is 0 Å². The van der Waals surface area contributed by atoms with E-state index in [1.165, 1.54) is 5.57 Å². The highest BCUT2D eigenvalue weighted by Gasteiger charge is 1.89. The number of hydrogen-bond donors (Lipinski definition) is 1. The second-order valence-electron chi connectivity index (χ2n) is 2.19. The molecule has 0 unspecified atom stereocenters. The summed E-state index contributed by atoms with van der Waals surface area (Å²) in [6, 6.07) is 0. The summed E-state index contributed by atoms with van der Waals surface area (Å²) in [7, 11) is 1.94. The van der Waals surface area contributed by atoms with E-state index in [1.54, 1.807) is 0 Å². The molecular formula is C8H12N2. The molecule has 0 saturated heterocycles. The lowest BCUT2D eigenvalue weighted by atomic mass is 10.2. The highest BCUT2D eigenvalue weighted by atomic mass is 14.8. The molecule has 0 bridgehead atoms. The molecule has 54 valence electrons. The fraction of sp³-hybridized carbons (Fsp3) is 0.375. The standard InChI is InChI=1S/C8H12N2/c1-9-7-8-3-2-5-10-6-4-8/h2-4,6,9H,5,7H2,1H3. The zero-order chi connectivity index (χ0) is 7.23. The maximum Gasteiger partial charge on any atom is 0.0573 e. The first-order chi connectivity index (χ1) is 4.93. The van der Waals surface area contributed by atoms with E-state index >= 15 is 0 Å². The van der Waals surface area contributed by atoms with Crippen LogP contribution in [-0.4, -0.2) is 26.4 Å². The van der Waals surface area contributed by atoms with Crippen molar-refractivity contribution in [3.05, 3.63) is 23.8 Å². The molecule has 0 radical (unpaired) electrons. The van der Waals surface area contributed by atoms with Crippen LogP contribution in [0.3, 0.4) is 0 Å². The van der Waals surface area contributed by atoms with E-state index in [0.29, 0.717) is 0 Å². The molecule has 10 heavy (non-hydrogen) atoms. The van der Waals surface area contributed by atoms with E-state index in [0.717, 1.165) is 13.1 Å². The van der Waals surface area contributed by atoms with Crippen LogP contribution in [0.15, 0.2) is 28.8 Å². The number of hydrogen-bond acceptors (Lipinski definition) is 2. The van der Waals surface area contributed by atoms with Gasteiger partial charge in [0.2, 0.25) is 0 Å². The minimum atomic E-state index is 0.809. The van der Waals surface area contributed by atoms with Crippen LogP contribution < -0.4 is 5.32 Å². The molecule has 0 saturated carbocycles. The predicted molar refractivity (Wildman–Crippen MR) is 44.5 cm³/mol. The Morgan fingerprint density at radius 1 is 1.70 bits per heavy atom. The molecule has 1 aliphatic rings. The molecule has 0 amide bonds. The Bertz CT molecular complexity index is 178. The number of nitrogens with one attached hydrogen (secondary N) is 1. The number of nitrogens with zero attached hydrogens (tertiary/aromatic N) is 1. The van der Waals surface area contributed by atoms with Crippen molar-refractivity contribution in [1.29, 1.82) is 0 Å². The fourth-order valence-electron chi connectivity index (χ4n) is 0.852. The average Bonchev–Trinajstić information content (AvgIpc) is 2.17. The van der Waals surface area contributed by atoms with E-state index in [2.05, 4.69) is 22.5 Å². The zero-order valence-electron chi connectivity index (χ0n) is 6.17. The van der Waals surface area contributed by atoms with E-state index < -0.39 is 0 Å². The molecule has 0 aromatic carbocycles. The van der Waals surface area contributed by atoms with Crippen molar-refractivity contribution in [3.63, 3.8) is 0 Å². The first-order valence-electron chi connectivity index (χ1n) is 3.43. The van der Waals surface area contributed by atoms with Gasteiger partial charge >= 0.3 is 0 Å². The lowest BCUT2D eigenvalue weighted by molar-refractivity contribution is 0.896. The number of rotatable bonds is 2. The van der Waals surface area contributed by atoms with Gasteiger partial charge in [0, 0.05) is 12.8 Å². The number of likely N-dealkylation sites (N-methyl/N-ethyl adjacent to an activating group) is 1. The van der Waals surface area contributed by atoms with Crippen molar-refractivity contribution >= 4 is 6.21 Å². The van der Waals surface area contributed by atoms with E-state index in [9.17, 15) is 0 Å². The Morgan fingerprint density at radius 3 is 3.40 bits per heavy atom. The molecular weight excluding hydrogens is 124 g/mol. The van der Waals surface area contributed by atoms with Crippen LogP contribution in [0, 0.1) is 0 Å². The Labute approximate surface area is 61.4 Å². The van der Waals surface area contributed by atoms with Gasteiger partial charge in [-0.05, 0) is 18.7 Å². The third-order valence-electron chi connectivity index (χ3n) is 1.32. The Kier molecular flexibility index (Phi) is 2.90. The average molecular weight is 136 g/mol. The van der Waals surface area contributed by atoms with Crippen LogP contribution >= 0.6 is 0 Å².